The van der Waals surface area contributed by atoms with Crippen molar-refractivity contribution in [3.8, 4) is 0 Å². The van der Waals surface area contributed by atoms with Gasteiger partial charge in [-0.3, -0.25) is 4.79 Å². The van der Waals surface area contributed by atoms with E-state index in [2.05, 4.69) is 19.9 Å². The molecule has 7 atom stereocenters. The summed E-state index contributed by atoms with van der Waals surface area (Å²) < 4.78 is 5.95. The van der Waals surface area contributed by atoms with Gasteiger partial charge in [-0.1, -0.05) is 25.8 Å². The van der Waals surface area contributed by atoms with E-state index in [1.165, 1.54) is 24.8 Å². The van der Waals surface area contributed by atoms with Crippen LogP contribution in [0.1, 0.15) is 65.2 Å². The highest BCUT2D eigenvalue weighted by molar-refractivity contribution is 5.91. The molecule has 1 spiro atoms. The van der Waals surface area contributed by atoms with Crippen molar-refractivity contribution in [2.45, 2.75) is 70.8 Å². The molecule has 26 heavy (non-hydrogen) atoms. The van der Waals surface area contributed by atoms with E-state index in [-0.39, 0.29) is 17.0 Å². The maximum Gasteiger partial charge on any atom is 0.331 e. The maximum atomic E-state index is 12.0. The number of ether oxygens (including phenoxy) is 1. The van der Waals surface area contributed by atoms with E-state index < -0.39 is 0 Å². The van der Waals surface area contributed by atoms with Gasteiger partial charge >= 0.3 is 5.97 Å². The topological polar surface area (TPSA) is 43.4 Å². The van der Waals surface area contributed by atoms with Crippen molar-refractivity contribution < 1.29 is 14.3 Å². The quantitative estimate of drug-likeness (QED) is 0.646. The van der Waals surface area contributed by atoms with Crippen LogP contribution in [0.4, 0.5) is 0 Å². The highest BCUT2D eigenvalue weighted by Gasteiger charge is 2.65. The van der Waals surface area contributed by atoms with Crippen LogP contribution < -0.4 is 0 Å². The van der Waals surface area contributed by atoms with Crippen LogP contribution in [0.25, 0.3) is 0 Å². The summed E-state index contributed by atoms with van der Waals surface area (Å²) in [6.07, 6.45) is 14.4. The fraction of sp³-hybridized carbons (Fsp3) is 0.739. The summed E-state index contributed by atoms with van der Waals surface area (Å²) in [5.74, 6) is 3.58. The first kappa shape index (κ1) is 16.8. The van der Waals surface area contributed by atoms with E-state index in [0.29, 0.717) is 23.5 Å². The Morgan fingerprint density at radius 3 is 2.77 bits per heavy atom. The SMILES string of the molecule is CC[C@H]1CC2=CC(=O)CC[C@@H]2C2CC[C@@]3(C)C(CC[C@@]34C=CC(=O)O4)C21. The second-order valence-corrected chi connectivity index (χ2v) is 9.69. The van der Waals surface area contributed by atoms with Crippen molar-refractivity contribution in [2.75, 3.05) is 0 Å². The van der Waals surface area contributed by atoms with Crippen LogP contribution in [0, 0.1) is 35.0 Å². The molecule has 0 saturated heterocycles. The van der Waals surface area contributed by atoms with Gasteiger partial charge in [-0.25, -0.2) is 4.79 Å². The van der Waals surface area contributed by atoms with Gasteiger partial charge in [0.2, 0.25) is 0 Å². The third-order valence-electron chi connectivity index (χ3n) is 8.95. The summed E-state index contributed by atoms with van der Waals surface area (Å²) in [5, 5.41) is 0. The van der Waals surface area contributed by atoms with Gasteiger partial charge in [0.25, 0.3) is 0 Å². The van der Waals surface area contributed by atoms with E-state index >= 15 is 0 Å². The number of esters is 1. The van der Waals surface area contributed by atoms with Crippen LogP contribution in [-0.2, 0) is 14.3 Å². The van der Waals surface area contributed by atoms with Crippen molar-refractivity contribution in [3.63, 3.8) is 0 Å². The van der Waals surface area contributed by atoms with Gasteiger partial charge < -0.3 is 4.74 Å². The molecule has 0 aromatic rings. The maximum absolute atomic E-state index is 12.0. The molecule has 0 aromatic carbocycles. The second kappa shape index (κ2) is 5.56. The Balaban J connectivity index is 1.52. The molecule has 1 heterocycles. The molecule has 3 heteroatoms. The third kappa shape index (κ3) is 2.06. The lowest BCUT2D eigenvalue weighted by atomic mass is 9.48. The van der Waals surface area contributed by atoms with Crippen LogP contribution in [0.3, 0.4) is 0 Å². The molecule has 3 fully saturated rings. The molecule has 1 aliphatic heterocycles. The number of carbonyl (C=O) groups is 2. The van der Waals surface area contributed by atoms with E-state index in [9.17, 15) is 9.59 Å². The molecule has 0 N–H and O–H groups in total. The smallest absolute Gasteiger partial charge is 0.331 e. The van der Waals surface area contributed by atoms with Crippen molar-refractivity contribution in [1.82, 2.24) is 0 Å². The Kier molecular flexibility index (Phi) is 3.59. The lowest BCUT2D eigenvalue weighted by molar-refractivity contribution is -0.163. The average Bonchev–Trinajstić information content (AvgIpc) is 3.14. The van der Waals surface area contributed by atoms with Gasteiger partial charge in [-0.2, -0.15) is 0 Å². The lowest BCUT2D eigenvalue weighted by Crippen LogP contribution is -2.54. The van der Waals surface area contributed by atoms with E-state index in [4.69, 9.17) is 4.74 Å². The normalized spacial score (nSPS) is 49.5. The van der Waals surface area contributed by atoms with E-state index in [0.717, 1.165) is 43.9 Å². The number of hydrogen-bond donors (Lipinski definition) is 0. The van der Waals surface area contributed by atoms with Gasteiger partial charge in [0.05, 0.1) is 0 Å². The molecule has 0 bridgehead atoms. The first-order valence-electron chi connectivity index (χ1n) is 10.6. The summed E-state index contributed by atoms with van der Waals surface area (Å²) in [7, 11) is 0. The Hall–Kier alpha value is -1.38. The zero-order valence-corrected chi connectivity index (χ0v) is 16.0. The van der Waals surface area contributed by atoms with Crippen LogP contribution in [0.5, 0.6) is 0 Å². The predicted octanol–water partition coefficient (Wildman–Crippen LogP) is 4.62. The fourth-order valence-corrected chi connectivity index (χ4v) is 7.72. The van der Waals surface area contributed by atoms with Gasteiger partial charge in [-0.15, -0.1) is 0 Å². The predicted molar refractivity (Wildman–Crippen MR) is 99.2 cm³/mol. The minimum absolute atomic E-state index is 0.0793. The molecule has 3 unspecified atom stereocenters. The number of hydrogen-bond acceptors (Lipinski definition) is 3. The summed E-state index contributed by atoms with van der Waals surface area (Å²) in [6.45, 7) is 4.71. The number of carbonyl (C=O) groups excluding carboxylic acids is 2. The molecule has 3 nitrogen and oxygen atoms in total. The number of ketones is 1. The van der Waals surface area contributed by atoms with Crippen molar-refractivity contribution in [3.05, 3.63) is 23.8 Å². The minimum Gasteiger partial charge on any atom is -0.451 e. The van der Waals surface area contributed by atoms with Crippen LogP contribution in [-0.4, -0.2) is 17.4 Å². The molecular weight excluding hydrogens is 324 g/mol. The minimum atomic E-state index is -0.351. The van der Waals surface area contributed by atoms with Gasteiger partial charge in [0, 0.05) is 17.9 Å². The van der Waals surface area contributed by atoms with Gasteiger partial charge in [-0.05, 0) is 80.3 Å². The molecule has 3 saturated carbocycles. The summed E-state index contributed by atoms with van der Waals surface area (Å²) in [5.41, 5.74) is 1.19. The van der Waals surface area contributed by atoms with Crippen molar-refractivity contribution in [2.24, 2.45) is 35.0 Å². The van der Waals surface area contributed by atoms with E-state index in [1.54, 1.807) is 6.08 Å². The van der Waals surface area contributed by atoms with Gasteiger partial charge in [0.1, 0.15) is 5.60 Å². The van der Waals surface area contributed by atoms with Crippen LogP contribution in [0.2, 0.25) is 0 Å². The fourth-order valence-electron chi connectivity index (χ4n) is 7.72. The highest BCUT2D eigenvalue weighted by Crippen LogP contribution is 2.67. The molecule has 0 radical (unpaired) electrons. The highest BCUT2D eigenvalue weighted by atomic mass is 16.6. The summed E-state index contributed by atoms with van der Waals surface area (Å²) >= 11 is 0. The van der Waals surface area contributed by atoms with Crippen molar-refractivity contribution in [1.29, 1.82) is 0 Å². The Morgan fingerprint density at radius 2 is 2.04 bits per heavy atom. The standard InChI is InChI=1S/C23H30O3/c1-3-14-12-15-13-16(24)4-5-17(15)18-6-9-22(2)19(21(14)18)7-10-23(22)11-8-20(25)26-23/h8,11,13-14,17-19,21H,3-7,9-10,12H2,1-2H3/t14-,17-,18?,19?,21?,22-,23+/m0/s1. The molecule has 5 rings (SSSR count). The average molecular weight is 354 g/mol. The summed E-state index contributed by atoms with van der Waals surface area (Å²) in [4.78, 5) is 23.9. The zero-order chi connectivity index (χ0) is 18.1. The Morgan fingerprint density at radius 1 is 1.19 bits per heavy atom. The van der Waals surface area contributed by atoms with Gasteiger partial charge in [0.15, 0.2) is 5.78 Å². The first-order chi connectivity index (χ1) is 12.5. The Bertz CT molecular complexity index is 719. The molecule has 5 aliphatic rings. The monoisotopic (exact) mass is 354 g/mol. The largest absolute Gasteiger partial charge is 0.451 e. The lowest BCUT2D eigenvalue weighted by Gasteiger charge is -2.57. The summed E-state index contributed by atoms with van der Waals surface area (Å²) in [6, 6.07) is 0. The molecule has 0 amide bonds. The van der Waals surface area contributed by atoms with Crippen LogP contribution in [0.15, 0.2) is 23.8 Å². The Labute approximate surface area is 156 Å². The van der Waals surface area contributed by atoms with Crippen LogP contribution >= 0.6 is 0 Å². The molecule has 140 valence electrons. The molecule has 4 aliphatic carbocycles. The zero-order valence-electron chi connectivity index (χ0n) is 16.0. The number of rotatable bonds is 1. The molecular formula is C23H30O3. The number of allylic oxidation sites excluding steroid dienone is 1. The first-order valence-corrected chi connectivity index (χ1v) is 10.6. The molecule has 0 aromatic heterocycles. The second-order valence-electron chi connectivity index (χ2n) is 9.69. The number of fused-ring (bicyclic) bond motifs is 6. The van der Waals surface area contributed by atoms with E-state index in [1.807, 2.05) is 6.08 Å². The van der Waals surface area contributed by atoms with Crippen molar-refractivity contribution >= 4 is 11.8 Å². The third-order valence-corrected chi connectivity index (χ3v) is 8.95.